The van der Waals surface area contributed by atoms with E-state index in [9.17, 15) is 9.59 Å². The van der Waals surface area contributed by atoms with Crippen LogP contribution in [0.5, 0.6) is 0 Å². The van der Waals surface area contributed by atoms with Gasteiger partial charge in [0.25, 0.3) is 5.78 Å². The number of carbonyl (C=O) groups is 2. The van der Waals surface area contributed by atoms with Crippen LogP contribution in [0.25, 0.3) is 0 Å². The average molecular weight is 256 g/mol. The van der Waals surface area contributed by atoms with Gasteiger partial charge >= 0.3 is 5.91 Å². The molecular weight excluding hydrogens is 250 g/mol. The minimum absolute atomic E-state index is 0.332. The average Bonchev–Trinajstić information content (AvgIpc) is 2.41. The number of hydrogen-bond donors (Lipinski definition) is 1. The van der Waals surface area contributed by atoms with Crippen molar-refractivity contribution >= 4 is 33.3 Å². The molecule has 0 saturated carbocycles. The Bertz CT molecular complexity index is 430. The van der Waals surface area contributed by atoms with Gasteiger partial charge in [0.2, 0.25) is 0 Å². The number of amides is 1. The molecule has 14 heavy (non-hydrogen) atoms. The molecule has 4 nitrogen and oxygen atoms in total. The van der Waals surface area contributed by atoms with Crippen molar-refractivity contribution < 1.29 is 14.7 Å². The molecule has 0 aliphatic carbocycles. The number of anilines is 1. The number of fused-ring (bicyclic) bond motifs is 1. The topological polar surface area (TPSA) is 57.6 Å². The van der Waals surface area contributed by atoms with Crippen LogP contribution >= 0.6 is 15.9 Å². The molecule has 0 radical (unpaired) electrons. The summed E-state index contributed by atoms with van der Waals surface area (Å²) in [6.07, 6.45) is 0. The highest BCUT2D eigenvalue weighted by molar-refractivity contribution is 9.10. The summed E-state index contributed by atoms with van der Waals surface area (Å²) >= 11 is 3.21. The molecule has 0 aromatic heterocycles. The second kappa shape index (κ2) is 3.18. The molecule has 1 aromatic rings. The predicted octanol–water partition coefficient (Wildman–Crippen LogP) is 0.928. The van der Waals surface area contributed by atoms with E-state index in [0.717, 1.165) is 9.37 Å². The summed E-state index contributed by atoms with van der Waals surface area (Å²) in [5.41, 5.74) is 0.795. The van der Waals surface area contributed by atoms with Crippen molar-refractivity contribution in [2.24, 2.45) is 0 Å². The molecule has 72 valence electrons. The lowest BCUT2D eigenvalue weighted by Crippen LogP contribution is -2.30. The zero-order chi connectivity index (χ0) is 10.3. The van der Waals surface area contributed by atoms with E-state index in [0.29, 0.717) is 11.3 Å². The number of rotatable bonds is 1. The third-order valence-corrected chi connectivity index (χ3v) is 2.57. The molecule has 1 aromatic carbocycles. The molecule has 1 heterocycles. The highest BCUT2D eigenvalue weighted by Gasteiger charge is 2.35. The Morgan fingerprint density at radius 2 is 2.07 bits per heavy atom. The van der Waals surface area contributed by atoms with Crippen LogP contribution in [-0.2, 0) is 4.79 Å². The maximum atomic E-state index is 11.4. The maximum absolute atomic E-state index is 11.4. The van der Waals surface area contributed by atoms with Crippen molar-refractivity contribution in [1.82, 2.24) is 0 Å². The van der Waals surface area contributed by atoms with E-state index in [-0.39, 0.29) is 0 Å². The fraction of sp³-hybridized carbons (Fsp3) is 0.111. The summed E-state index contributed by atoms with van der Waals surface area (Å²) in [7, 11) is 0. The Kier molecular flexibility index (Phi) is 2.13. The molecular formula is C9H6BrNO3. The molecule has 0 unspecified atom stereocenters. The fourth-order valence-electron chi connectivity index (χ4n) is 1.41. The predicted molar refractivity (Wildman–Crippen MR) is 53.0 cm³/mol. The molecule has 0 bridgehead atoms. The number of halogens is 1. The van der Waals surface area contributed by atoms with Crippen LogP contribution in [0.4, 0.5) is 5.69 Å². The van der Waals surface area contributed by atoms with Crippen LogP contribution in [0.1, 0.15) is 10.4 Å². The molecule has 1 aliphatic heterocycles. The Morgan fingerprint density at radius 1 is 1.36 bits per heavy atom. The zero-order valence-corrected chi connectivity index (χ0v) is 8.61. The Morgan fingerprint density at radius 3 is 2.71 bits per heavy atom. The third-order valence-electron chi connectivity index (χ3n) is 2.07. The van der Waals surface area contributed by atoms with Gasteiger partial charge in [-0.3, -0.25) is 14.5 Å². The quantitative estimate of drug-likeness (QED) is 0.760. The standard InChI is InChI=1S/C9H6BrNO3/c10-5-1-2-7-6(3-5)8(13)9(14)11(7)4-12/h1-3,12H,4H2. The van der Waals surface area contributed by atoms with Crippen molar-refractivity contribution in [3.8, 4) is 0 Å². The summed E-state index contributed by atoms with van der Waals surface area (Å²) in [6.45, 7) is -0.473. The van der Waals surface area contributed by atoms with Crippen LogP contribution < -0.4 is 4.90 Å². The smallest absolute Gasteiger partial charge is 0.301 e. The van der Waals surface area contributed by atoms with Gasteiger partial charge in [-0.25, -0.2) is 0 Å². The van der Waals surface area contributed by atoms with E-state index in [4.69, 9.17) is 5.11 Å². The molecule has 0 fully saturated rings. The minimum Gasteiger partial charge on any atom is -0.376 e. The molecule has 1 aliphatic rings. The van der Waals surface area contributed by atoms with Gasteiger partial charge in [0.05, 0.1) is 11.3 Å². The summed E-state index contributed by atoms with van der Waals surface area (Å²) in [4.78, 5) is 23.7. The first-order chi connectivity index (χ1) is 6.65. The lowest BCUT2D eigenvalue weighted by Gasteiger charge is -2.11. The van der Waals surface area contributed by atoms with E-state index < -0.39 is 18.4 Å². The van der Waals surface area contributed by atoms with Gasteiger partial charge in [-0.15, -0.1) is 0 Å². The third kappa shape index (κ3) is 1.17. The zero-order valence-electron chi connectivity index (χ0n) is 7.03. The van der Waals surface area contributed by atoms with Crippen LogP contribution in [-0.4, -0.2) is 23.5 Å². The number of benzene rings is 1. The lowest BCUT2D eigenvalue weighted by atomic mass is 10.1. The first-order valence-electron chi connectivity index (χ1n) is 3.91. The second-order valence-corrected chi connectivity index (χ2v) is 3.78. The van der Waals surface area contributed by atoms with Gasteiger partial charge in [0.1, 0.15) is 6.73 Å². The van der Waals surface area contributed by atoms with Gasteiger partial charge in [0.15, 0.2) is 0 Å². The number of aliphatic hydroxyl groups excluding tert-OH is 1. The molecule has 0 spiro atoms. The maximum Gasteiger partial charge on any atom is 0.301 e. The molecule has 0 saturated heterocycles. The van der Waals surface area contributed by atoms with Crippen molar-refractivity contribution in [2.45, 2.75) is 0 Å². The van der Waals surface area contributed by atoms with E-state index >= 15 is 0 Å². The van der Waals surface area contributed by atoms with Crippen LogP contribution in [0, 0.1) is 0 Å². The largest absolute Gasteiger partial charge is 0.376 e. The van der Waals surface area contributed by atoms with E-state index in [1.807, 2.05) is 0 Å². The van der Waals surface area contributed by atoms with Gasteiger partial charge in [0, 0.05) is 4.47 Å². The molecule has 1 amide bonds. The lowest BCUT2D eigenvalue weighted by molar-refractivity contribution is -0.114. The van der Waals surface area contributed by atoms with E-state index in [1.54, 1.807) is 18.2 Å². The SMILES string of the molecule is O=C1C(=O)N(CO)c2ccc(Br)cc21. The summed E-state index contributed by atoms with van der Waals surface area (Å²) in [5, 5.41) is 8.91. The van der Waals surface area contributed by atoms with Gasteiger partial charge in [-0.1, -0.05) is 15.9 Å². The first kappa shape index (κ1) is 9.36. The Hall–Kier alpha value is -1.20. The second-order valence-electron chi connectivity index (χ2n) is 2.87. The van der Waals surface area contributed by atoms with Gasteiger partial charge < -0.3 is 5.11 Å². The van der Waals surface area contributed by atoms with Gasteiger partial charge in [-0.05, 0) is 18.2 Å². The molecule has 1 N–H and O–H groups in total. The summed E-state index contributed by atoms with van der Waals surface area (Å²) in [5.74, 6) is -1.25. The highest BCUT2D eigenvalue weighted by atomic mass is 79.9. The number of carbonyl (C=O) groups excluding carboxylic acids is 2. The number of ketones is 1. The van der Waals surface area contributed by atoms with Crippen LogP contribution in [0.2, 0.25) is 0 Å². The first-order valence-corrected chi connectivity index (χ1v) is 4.71. The molecule has 5 heteroatoms. The monoisotopic (exact) mass is 255 g/mol. The fourth-order valence-corrected chi connectivity index (χ4v) is 1.77. The number of aliphatic hydroxyl groups is 1. The van der Waals surface area contributed by atoms with Crippen molar-refractivity contribution in [3.63, 3.8) is 0 Å². The van der Waals surface area contributed by atoms with Crippen molar-refractivity contribution in [3.05, 3.63) is 28.2 Å². The summed E-state index contributed by atoms with van der Waals surface area (Å²) in [6, 6.07) is 4.91. The molecule has 0 atom stereocenters. The van der Waals surface area contributed by atoms with E-state index in [2.05, 4.69) is 15.9 Å². The Labute approximate surface area is 88.3 Å². The van der Waals surface area contributed by atoms with Crippen molar-refractivity contribution in [2.75, 3.05) is 11.6 Å². The normalized spacial score (nSPS) is 14.9. The van der Waals surface area contributed by atoms with Crippen LogP contribution in [0.3, 0.4) is 0 Å². The minimum atomic E-state index is -0.680. The van der Waals surface area contributed by atoms with E-state index in [1.165, 1.54) is 0 Å². The molecule has 2 rings (SSSR count). The Balaban J connectivity index is 2.61. The highest BCUT2D eigenvalue weighted by Crippen LogP contribution is 2.30. The summed E-state index contributed by atoms with van der Waals surface area (Å²) < 4.78 is 0.734. The number of hydrogen-bond acceptors (Lipinski definition) is 3. The van der Waals surface area contributed by atoms with Gasteiger partial charge in [-0.2, -0.15) is 0 Å². The number of nitrogens with zero attached hydrogens (tertiary/aromatic N) is 1. The van der Waals surface area contributed by atoms with Crippen LogP contribution in [0.15, 0.2) is 22.7 Å². The number of Topliss-reactive ketones (excluding diaryl/α,β-unsaturated/α-hetero) is 1. The van der Waals surface area contributed by atoms with Crippen molar-refractivity contribution in [1.29, 1.82) is 0 Å².